The molecule has 0 saturated heterocycles. The predicted octanol–water partition coefficient (Wildman–Crippen LogP) is 1.76. The molecule has 0 bridgehead atoms. The Kier molecular flexibility index (Phi) is 4.34. The summed E-state index contributed by atoms with van der Waals surface area (Å²) in [7, 11) is 0. The van der Waals surface area contributed by atoms with Crippen LogP contribution in [0.3, 0.4) is 0 Å². The van der Waals surface area contributed by atoms with Crippen LogP contribution >= 0.6 is 0 Å². The maximum Gasteiger partial charge on any atom is 0.171 e. The van der Waals surface area contributed by atoms with E-state index in [9.17, 15) is 0 Å². The summed E-state index contributed by atoms with van der Waals surface area (Å²) in [6, 6.07) is 10.5. The summed E-state index contributed by atoms with van der Waals surface area (Å²) >= 11 is 0. The predicted molar refractivity (Wildman–Crippen MR) is 54.7 cm³/mol. The number of tetrazole rings is 1. The largest absolute Gasteiger partial charge is 0.177 e. The zero-order chi connectivity index (χ0) is 10.2. The van der Waals surface area contributed by atoms with Gasteiger partial charge in [0, 0.05) is 0 Å². The maximum absolute atomic E-state index is 3.57. The number of aromatic amines is 1. The summed E-state index contributed by atoms with van der Waals surface area (Å²) in [4.78, 5) is 0. The Labute approximate surface area is 83.4 Å². The molecule has 0 spiro atoms. The zero-order valence-corrected chi connectivity index (χ0v) is 8.44. The molecule has 0 fully saturated rings. The van der Waals surface area contributed by atoms with E-state index in [1.54, 1.807) is 6.92 Å². The SMILES string of the molecule is CCc1ccccc1.Cc1nn[nH]n1. The van der Waals surface area contributed by atoms with E-state index < -0.39 is 0 Å². The molecule has 4 heteroatoms. The first-order chi connectivity index (χ1) is 6.83. The fourth-order valence-corrected chi connectivity index (χ4v) is 0.926. The average Bonchev–Trinajstić information content (AvgIpc) is 2.71. The Morgan fingerprint density at radius 1 is 1.21 bits per heavy atom. The lowest BCUT2D eigenvalue weighted by Gasteiger charge is -1.89. The minimum atomic E-state index is 0.676. The lowest BCUT2D eigenvalue weighted by atomic mass is 10.2. The molecule has 0 atom stereocenters. The second-order valence-electron chi connectivity index (χ2n) is 2.80. The van der Waals surface area contributed by atoms with Crippen LogP contribution in [-0.4, -0.2) is 20.6 Å². The highest BCUT2D eigenvalue weighted by Crippen LogP contribution is 1.96. The van der Waals surface area contributed by atoms with E-state index in [4.69, 9.17) is 0 Å². The Morgan fingerprint density at radius 2 is 1.93 bits per heavy atom. The maximum atomic E-state index is 3.57. The van der Waals surface area contributed by atoms with Crippen LogP contribution in [0.1, 0.15) is 18.3 Å². The van der Waals surface area contributed by atoms with Crippen LogP contribution in [0.25, 0.3) is 0 Å². The highest BCUT2D eigenvalue weighted by atomic mass is 15.5. The van der Waals surface area contributed by atoms with Crippen molar-refractivity contribution in [2.75, 3.05) is 0 Å². The molecule has 0 amide bonds. The summed E-state index contributed by atoms with van der Waals surface area (Å²) in [5.41, 5.74) is 1.41. The molecule has 2 aromatic rings. The van der Waals surface area contributed by atoms with Crippen molar-refractivity contribution < 1.29 is 0 Å². The Morgan fingerprint density at radius 3 is 2.21 bits per heavy atom. The number of hydrogen-bond acceptors (Lipinski definition) is 3. The van der Waals surface area contributed by atoms with Gasteiger partial charge in [-0.3, -0.25) is 0 Å². The van der Waals surface area contributed by atoms with Gasteiger partial charge in [-0.25, -0.2) is 0 Å². The van der Waals surface area contributed by atoms with Gasteiger partial charge in [0.2, 0.25) is 0 Å². The minimum Gasteiger partial charge on any atom is -0.177 e. The van der Waals surface area contributed by atoms with E-state index in [2.05, 4.69) is 51.8 Å². The third kappa shape index (κ3) is 3.80. The van der Waals surface area contributed by atoms with Gasteiger partial charge in [0.15, 0.2) is 5.82 Å². The van der Waals surface area contributed by atoms with Gasteiger partial charge >= 0.3 is 0 Å². The normalized spacial score (nSPS) is 9.00. The van der Waals surface area contributed by atoms with E-state index in [0.717, 1.165) is 6.42 Å². The fraction of sp³-hybridized carbons (Fsp3) is 0.300. The Bertz CT molecular complexity index is 328. The summed E-state index contributed by atoms with van der Waals surface area (Å²) in [6.45, 7) is 3.93. The van der Waals surface area contributed by atoms with Crippen LogP contribution in [-0.2, 0) is 6.42 Å². The lowest BCUT2D eigenvalue weighted by Crippen LogP contribution is -1.73. The molecule has 1 heterocycles. The number of aromatic nitrogens is 4. The number of nitrogens with one attached hydrogen (secondary N) is 1. The van der Waals surface area contributed by atoms with Crippen molar-refractivity contribution in [3.8, 4) is 0 Å². The van der Waals surface area contributed by atoms with Crippen molar-refractivity contribution in [2.24, 2.45) is 0 Å². The highest BCUT2D eigenvalue weighted by molar-refractivity contribution is 5.13. The van der Waals surface area contributed by atoms with Crippen molar-refractivity contribution in [2.45, 2.75) is 20.3 Å². The standard InChI is InChI=1S/C8H10.C2H4N4/c1-2-8-6-4-3-5-7-8;1-2-3-5-6-4-2/h3-7H,2H2,1H3;1H3,(H,3,4,5,6). The van der Waals surface area contributed by atoms with Gasteiger partial charge in [0.05, 0.1) is 0 Å². The third-order valence-electron chi connectivity index (χ3n) is 1.70. The molecular weight excluding hydrogens is 176 g/mol. The number of aryl methyl sites for hydroxylation is 2. The van der Waals surface area contributed by atoms with Gasteiger partial charge in [0.1, 0.15) is 0 Å². The van der Waals surface area contributed by atoms with Crippen LogP contribution in [0, 0.1) is 6.92 Å². The number of benzene rings is 1. The first kappa shape index (κ1) is 10.4. The number of hydrogen-bond donors (Lipinski definition) is 1. The molecule has 0 aliphatic rings. The first-order valence-corrected chi connectivity index (χ1v) is 4.57. The van der Waals surface area contributed by atoms with Crippen molar-refractivity contribution in [3.63, 3.8) is 0 Å². The van der Waals surface area contributed by atoms with Crippen molar-refractivity contribution >= 4 is 0 Å². The van der Waals surface area contributed by atoms with Crippen LogP contribution < -0.4 is 0 Å². The van der Waals surface area contributed by atoms with Crippen molar-refractivity contribution in [3.05, 3.63) is 41.7 Å². The van der Waals surface area contributed by atoms with E-state index >= 15 is 0 Å². The summed E-state index contributed by atoms with van der Waals surface area (Å²) in [5.74, 6) is 0.676. The summed E-state index contributed by atoms with van der Waals surface area (Å²) in [6.07, 6.45) is 1.14. The third-order valence-corrected chi connectivity index (χ3v) is 1.70. The van der Waals surface area contributed by atoms with Crippen LogP contribution in [0.5, 0.6) is 0 Å². The summed E-state index contributed by atoms with van der Waals surface area (Å²) in [5, 5.41) is 12.7. The van der Waals surface area contributed by atoms with Crippen LogP contribution in [0.15, 0.2) is 30.3 Å². The summed E-state index contributed by atoms with van der Waals surface area (Å²) < 4.78 is 0. The monoisotopic (exact) mass is 190 g/mol. The first-order valence-electron chi connectivity index (χ1n) is 4.57. The molecule has 0 radical (unpaired) electrons. The molecule has 1 aromatic carbocycles. The van der Waals surface area contributed by atoms with Crippen molar-refractivity contribution in [1.29, 1.82) is 0 Å². The molecule has 0 saturated carbocycles. The Hall–Kier alpha value is -1.71. The highest BCUT2D eigenvalue weighted by Gasteiger charge is 1.80. The quantitative estimate of drug-likeness (QED) is 0.745. The lowest BCUT2D eigenvalue weighted by molar-refractivity contribution is 0.881. The van der Waals surface area contributed by atoms with Crippen LogP contribution in [0.2, 0.25) is 0 Å². The Balaban J connectivity index is 0.000000146. The van der Waals surface area contributed by atoms with Gasteiger partial charge in [0.25, 0.3) is 0 Å². The van der Waals surface area contributed by atoms with E-state index in [1.165, 1.54) is 5.56 Å². The number of H-pyrrole nitrogens is 1. The smallest absolute Gasteiger partial charge is 0.171 e. The second kappa shape index (κ2) is 5.85. The molecule has 2 rings (SSSR count). The van der Waals surface area contributed by atoms with E-state index in [-0.39, 0.29) is 0 Å². The van der Waals surface area contributed by atoms with Gasteiger partial charge in [-0.2, -0.15) is 5.21 Å². The molecule has 0 unspecified atom stereocenters. The molecule has 14 heavy (non-hydrogen) atoms. The van der Waals surface area contributed by atoms with Crippen LogP contribution in [0.4, 0.5) is 0 Å². The minimum absolute atomic E-state index is 0.676. The van der Waals surface area contributed by atoms with E-state index in [0.29, 0.717) is 5.82 Å². The van der Waals surface area contributed by atoms with Gasteiger partial charge < -0.3 is 0 Å². The second-order valence-corrected chi connectivity index (χ2v) is 2.80. The molecule has 4 nitrogen and oxygen atoms in total. The topological polar surface area (TPSA) is 54.5 Å². The fourth-order valence-electron chi connectivity index (χ4n) is 0.926. The number of rotatable bonds is 1. The van der Waals surface area contributed by atoms with Gasteiger partial charge in [-0.1, -0.05) is 42.5 Å². The van der Waals surface area contributed by atoms with Crippen molar-refractivity contribution in [1.82, 2.24) is 20.6 Å². The molecule has 1 aromatic heterocycles. The molecule has 1 N–H and O–H groups in total. The molecule has 74 valence electrons. The average molecular weight is 190 g/mol. The van der Waals surface area contributed by atoms with Gasteiger partial charge in [-0.05, 0) is 18.9 Å². The molecular formula is C10H14N4. The number of nitrogens with zero attached hydrogens (tertiary/aromatic N) is 3. The molecule has 0 aliphatic carbocycles. The van der Waals surface area contributed by atoms with Gasteiger partial charge in [-0.15, -0.1) is 10.2 Å². The van der Waals surface area contributed by atoms with E-state index in [1.807, 2.05) is 6.07 Å². The molecule has 0 aliphatic heterocycles. The zero-order valence-electron chi connectivity index (χ0n) is 8.44.